The molecule has 1 saturated carbocycles. The zero-order valence-corrected chi connectivity index (χ0v) is 16.7. The molecule has 2 aliphatic heterocycles. The molecule has 2 aromatic carbocycles. The monoisotopic (exact) mass is 407 g/mol. The lowest BCUT2D eigenvalue weighted by molar-refractivity contribution is -0.199. The largest absolute Gasteiger partial charge is 0.481 e. The molecule has 156 valence electrons. The quantitative estimate of drug-likeness (QED) is 0.784. The van der Waals surface area contributed by atoms with Crippen molar-refractivity contribution in [3.05, 3.63) is 59.7 Å². The van der Waals surface area contributed by atoms with E-state index in [0.717, 1.165) is 0 Å². The van der Waals surface area contributed by atoms with Crippen LogP contribution in [0.3, 0.4) is 0 Å². The maximum absolute atomic E-state index is 12.4. The summed E-state index contributed by atoms with van der Waals surface area (Å²) in [7, 11) is 0. The fraction of sp³-hybridized carbons (Fsp3) is 0.417. The second-order valence-corrected chi connectivity index (χ2v) is 8.74. The molecule has 1 amide bonds. The summed E-state index contributed by atoms with van der Waals surface area (Å²) >= 11 is 0. The summed E-state index contributed by atoms with van der Waals surface area (Å²) < 4.78 is 11.5. The van der Waals surface area contributed by atoms with E-state index >= 15 is 0 Å². The van der Waals surface area contributed by atoms with Crippen LogP contribution in [0.4, 0.5) is 4.79 Å². The summed E-state index contributed by atoms with van der Waals surface area (Å²) in [4.78, 5) is 23.9. The third-order valence-electron chi connectivity index (χ3n) is 7.13. The Morgan fingerprint density at radius 2 is 1.60 bits per heavy atom. The van der Waals surface area contributed by atoms with Crippen LogP contribution in [0.1, 0.15) is 42.7 Å². The number of carbonyl (C=O) groups excluding carboxylic acids is 1. The van der Waals surface area contributed by atoms with Crippen LogP contribution < -0.4 is 5.32 Å². The summed E-state index contributed by atoms with van der Waals surface area (Å²) in [6.07, 6.45) is 2.01. The van der Waals surface area contributed by atoms with Gasteiger partial charge in [-0.3, -0.25) is 4.79 Å². The maximum atomic E-state index is 12.4. The number of rotatable bonds is 5. The minimum Gasteiger partial charge on any atom is -0.481 e. The van der Waals surface area contributed by atoms with E-state index in [9.17, 15) is 14.7 Å². The SMILES string of the molecule is O=C(NCC12CCC(C(=O)O)(CC1)CO2)OCC1c2ccccc2-c2ccccc21. The van der Waals surface area contributed by atoms with Crippen LogP contribution in [0.25, 0.3) is 11.1 Å². The predicted octanol–water partition coefficient (Wildman–Crippen LogP) is 3.94. The van der Waals surface area contributed by atoms with Gasteiger partial charge in [0.15, 0.2) is 0 Å². The van der Waals surface area contributed by atoms with Gasteiger partial charge in [0.1, 0.15) is 6.61 Å². The average Bonchev–Trinajstić information content (AvgIpc) is 3.11. The van der Waals surface area contributed by atoms with Gasteiger partial charge in [-0.25, -0.2) is 4.79 Å². The number of carbonyl (C=O) groups is 2. The number of fused-ring (bicyclic) bond motifs is 6. The van der Waals surface area contributed by atoms with Crippen LogP contribution in [-0.4, -0.2) is 42.5 Å². The van der Waals surface area contributed by atoms with E-state index in [4.69, 9.17) is 9.47 Å². The first kappa shape index (κ1) is 19.1. The normalized spacial score (nSPS) is 26.7. The number of nitrogens with one attached hydrogen (secondary N) is 1. The van der Waals surface area contributed by atoms with E-state index in [1.165, 1.54) is 22.3 Å². The molecule has 0 atom stereocenters. The van der Waals surface area contributed by atoms with E-state index in [-0.39, 0.29) is 19.1 Å². The number of carboxylic acids is 1. The number of carboxylic acid groups (broad SMARTS) is 1. The molecular formula is C24H25NO5. The van der Waals surface area contributed by atoms with Crippen molar-refractivity contribution in [2.45, 2.75) is 37.2 Å². The third-order valence-corrected chi connectivity index (χ3v) is 7.13. The number of benzene rings is 2. The van der Waals surface area contributed by atoms with Crippen molar-refractivity contribution in [3.8, 4) is 11.1 Å². The fourth-order valence-corrected chi connectivity index (χ4v) is 5.15. The zero-order chi connectivity index (χ0) is 20.8. The topological polar surface area (TPSA) is 84.9 Å². The molecule has 2 N–H and O–H groups in total. The Morgan fingerprint density at radius 1 is 1.00 bits per heavy atom. The lowest BCUT2D eigenvalue weighted by Crippen LogP contribution is -2.58. The predicted molar refractivity (Wildman–Crippen MR) is 110 cm³/mol. The van der Waals surface area contributed by atoms with E-state index < -0.39 is 23.1 Å². The second-order valence-electron chi connectivity index (χ2n) is 8.74. The Kier molecular flexibility index (Phi) is 4.54. The van der Waals surface area contributed by atoms with Crippen LogP contribution in [0.15, 0.2) is 48.5 Å². The summed E-state index contributed by atoms with van der Waals surface area (Å²) in [5.41, 5.74) is 3.53. The van der Waals surface area contributed by atoms with E-state index in [1.54, 1.807) is 0 Å². The van der Waals surface area contributed by atoms with Crippen molar-refractivity contribution in [2.24, 2.45) is 5.41 Å². The van der Waals surface area contributed by atoms with E-state index in [0.29, 0.717) is 32.2 Å². The Hall–Kier alpha value is -2.86. The minimum absolute atomic E-state index is 0.0260. The second kappa shape index (κ2) is 7.13. The molecule has 4 aliphatic rings. The van der Waals surface area contributed by atoms with Gasteiger partial charge >= 0.3 is 12.1 Å². The van der Waals surface area contributed by atoms with Gasteiger partial charge in [0, 0.05) is 12.5 Å². The third kappa shape index (κ3) is 3.06. The molecular weight excluding hydrogens is 382 g/mol. The molecule has 2 bridgehead atoms. The molecule has 6 heteroatoms. The molecule has 0 spiro atoms. The number of alkyl carbamates (subject to hydrolysis) is 1. The molecule has 0 radical (unpaired) electrons. The first-order valence-electron chi connectivity index (χ1n) is 10.5. The van der Waals surface area contributed by atoms with Crippen molar-refractivity contribution >= 4 is 12.1 Å². The highest BCUT2D eigenvalue weighted by molar-refractivity contribution is 5.79. The minimum atomic E-state index is -0.778. The van der Waals surface area contributed by atoms with Gasteiger partial charge in [-0.05, 0) is 47.9 Å². The smallest absolute Gasteiger partial charge is 0.407 e. The average molecular weight is 407 g/mol. The number of ether oxygens (including phenoxy) is 2. The summed E-state index contributed by atoms with van der Waals surface area (Å²) in [5.74, 6) is -0.751. The van der Waals surface area contributed by atoms with Gasteiger partial charge in [-0.2, -0.15) is 0 Å². The van der Waals surface area contributed by atoms with Gasteiger partial charge in [0.05, 0.1) is 17.6 Å². The highest BCUT2D eigenvalue weighted by Crippen LogP contribution is 2.49. The van der Waals surface area contributed by atoms with Crippen molar-refractivity contribution in [3.63, 3.8) is 0 Å². The Labute approximate surface area is 175 Å². The molecule has 0 aromatic heterocycles. The van der Waals surface area contributed by atoms with Gasteiger partial charge in [-0.15, -0.1) is 0 Å². The Morgan fingerprint density at radius 3 is 2.13 bits per heavy atom. The standard InChI is InChI=1S/C24H25NO5/c26-21(27)23-9-11-24(12-10-23,30-15-23)14-25-22(28)29-13-20-18-7-3-1-5-16(18)17-6-2-4-8-19(17)20/h1-8,20H,9-15H2,(H,25,28)(H,26,27). The molecule has 6 rings (SSSR count). The molecule has 3 fully saturated rings. The van der Waals surface area contributed by atoms with E-state index in [1.807, 2.05) is 24.3 Å². The molecule has 30 heavy (non-hydrogen) atoms. The van der Waals surface area contributed by atoms with Gasteiger partial charge < -0.3 is 19.9 Å². The Bertz CT molecular complexity index is 931. The molecule has 2 aliphatic carbocycles. The van der Waals surface area contributed by atoms with Crippen LogP contribution in [0.5, 0.6) is 0 Å². The lowest BCUT2D eigenvalue weighted by atomic mass is 9.66. The first-order valence-corrected chi connectivity index (χ1v) is 10.5. The van der Waals surface area contributed by atoms with Crippen LogP contribution in [0.2, 0.25) is 0 Å². The molecule has 2 aromatic rings. The van der Waals surface area contributed by atoms with E-state index in [2.05, 4.69) is 29.6 Å². The van der Waals surface area contributed by atoms with Crippen LogP contribution >= 0.6 is 0 Å². The van der Waals surface area contributed by atoms with Crippen LogP contribution in [-0.2, 0) is 14.3 Å². The number of hydrogen-bond donors (Lipinski definition) is 2. The zero-order valence-electron chi connectivity index (χ0n) is 16.7. The fourth-order valence-electron chi connectivity index (χ4n) is 5.15. The summed E-state index contributed by atoms with van der Waals surface area (Å²) in [6, 6.07) is 16.5. The molecule has 2 saturated heterocycles. The Balaban J connectivity index is 1.20. The van der Waals surface area contributed by atoms with Gasteiger partial charge in [-0.1, -0.05) is 48.5 Å². The van der Waals surface area contributed by atoms with Crippen molar-refractivity contribution in [1.82, 2.24) is 5.32 Å². The molecule has 0 unspecified atom stereocenters. The summed E-state index contributed by atoms with van der Waals surface area (Å²) in [5, 5.41) is 12.3. The number of aliphatic carboxylic acids is 1. The highest BCUT2D eigenvalue weighted by Gasteiger charge is 2.53. The lowest BCUT2D eigenvalue weighted by Gasteiger charge is -2.50. The van der Waals surface area contributed by atoms with Crippen molar-refractivity contribution in [2.75, 3.05) is 19.8 Å². The number of amides is 1. The van der Waals surface area contributed by atoms with Gasteiger partial charge in [0.25, 0.3) is 0 Å². The van der Waals surface area contributed by atoms with Crippen molar-refractivity contribution in [1.29, 1.82) is 0 Å². The highest BCUT2D eigenvalue weighted by atomic mass is 16.5. The molecule has 2 heterocycles. The molecule has 6 nitrogen and oxygen atoms in total. The first-order chi connectivity index (χ1) is 14.5. The number of hydrogen-bond acceptors (Lipinski definition) is 4. The maximum Gasteiger partial charge on any atom is 0.407 e. The van der Waals surface area contributed by atoms with Gasteiger partial charge in [0.2, 0.25) is 0 Å². The van der Waals surface area contributed by atoms with Crippen molar-refractivity contribution < 1.29 is 24.2 Å². The van der Waals surface area contributed by atoms with Crippen LogP contribution in [0, 0.1) is 5.41 Å². The summed E-state index contributed by atoms with van der Waals surface area (Å²) in [6.45, 7) is 0.837.